The van der Waals surface area contributed by atoms with Crippen molar-refractivity contribution in [1.82, 2.24) is 5.43 Å². The third-order valence-corrected chi connectivity index (χ3v) is 4.07. The van der Waals surface area contributed by atoms with Gasteiger partial charge in [0.15, 0.2) is 0 Å². The lowest BCUT2D eigenvalue weighted by molar-refractivity contribution is 0.269. The molecule has 1 aliphatic rings. The van der Waals surface area contributed by atoms with Gasteiger partial charge in [-0.25, -0.2) is 5.43 Å². The zero-order valence-corrected chi connectivity index (χ0v) is 14.8. The highest BCUT2D eigenvalue weighted by Gasteiger charge is 2.16. The number of aryl methyl sites for hydroxylation is 1. The second-order valence-corrected chi connectivity index (χ2v) is 6.79. The van der Waals surface area contributed by atoms with Gasteiger partial charge in [-0.3, -0.25) is 0 Å². The summed E-state index contributed by atoms with van der Waals surface area (Å²) in [5.41, 5.74) is 8.45. The summed E-state index contributed by atoms with van der Waals surface area (Å²) in [5.74, 6) is 1.53. The van der Waals surface area contributed by atoms with Crippen molar-refractivity contribution in [2.45, 2.75) is 20.8 Å². The lowest BCUT2D eigenvalue weighted by atomic mass is 10.1. The second-order valence-electron chi connectivity index (χ2n) is 6.79. The van der Waals surface area contributed by atoms with Gasteiger partial charge in [0, 0.05) is 6.54 Å². The van der Waals surface area contributed by atoms with Crippen LogP contribution in [-0.2, 0) is 0 Å². The minimum Gasteiger partial charge on any atom is -0.493 e. The molecule has 1 N–H and O–H groups in total. The number of anilines is 1. The molecule has 3 rings (SSSR count). The van der Waals surface area contributed by atoms with Crippen LogP contribution in [0.15, 0.2) is 54.1 Å². The second kappa shape index (κ2) is 7.54. The molecule has 0 bridgehead atoms. The van der Waals surface area contributed by atoms with Gasteiger partial charge in [0.25, 0.3) is 0 Å². The van der Waals surface area contributed by atoms with Gasteiger partial charge in [-0.05, 0) is 53.8 Å². The third-order valence-electron chi connectivity index (χ3n) is 4.07. The monoisotopic (exact) mass is 322 g/mol. The topological polar surface area (TPSA) is 24.5 Å². The molecular formula is C21H26N2O. The van der Waals surface area contributed by atoms with Crippen LogP contribution in [0, 0.1) is 12.8 Å². The van der Waals surface area contributed by atoms with Gasteiger partial charge >= 0.3 is 0 Å². The van der Waals surface area contributed by atoms with E-state index in [-0.39, 0.29) is 0 Å². The third kappa shape index (κ3) is 4.18. The Morgan fingerprint density at radius 1 is 1.17 bits per heavy atom. The minimum atomic E-state index is 0.541. The summed E-state index contributed by atoms with van der Waals surface area (Å²) in [4.78, 5) is 0. The molecule has 3 heteroatoms. The van der Waals surface area contributed by atoms with E-state index in [0.717, 1.165) is 25.4 Å². The standard InChI is InChI=1S/C21H26N2O/c1-16(2)15-24-21-10-9-18(11-17(21)3)12-19-13-22-23(14-19)20-7-5-4-6-8-20/h4-12,16,22H,13-15H2,1-3H3. The average molecular weight is 322 g/mol. The molecule has 0 aliphatic carbocycles. The van der Waals surface area contributed by atoms with Crippen molar-refractivity contribution < 1.29 is 4.74 Å². The Labute approximate surface area is 144 Å². The van der Waals surface area contributed by atoms with E-state index in [1.807, 2.05) is 6.07 Å². The highest BCUT2D eigenvalue weighted by molar-refractivity contribution is 5.59. The van der Waals surface area contributed by atoms with Crippen molar-refractivity contribution in [3.8, 4) is 5.75 Å². The summed E-state index contributed by atoms with van der Waals surface area (Å²) in [7, 11) is 0. The van der Waals surface area contributed by atoms with Crippen LogP contribution in [0.5, 0.6) is 5.75 Å². The SMILES string of the molecule is Cc1cc(C=C2CNN(c3ccccc3)C2)ccc1OCC(C)C. The first kappa shape index (κ1) is 16.6. The number of nitrogens with one attached hydrogen (secondary N) is 1. The van der Waals surface area contributed by atoms with Crippen molar-refractivity contribution in [1.29, 1.82) is 0 Å². The fourth-order valence-electron chi connectivity index (χ4n) is 2.82. The first-order valence-electron chi connectivity index (χ1n) is 8.61. The highest BCUT2D eigenvalue weighted by Crippen LogP contribution is 2.23. The molecular weight excluding hydrogens is 296 g/mol. The fraction of sp³-hybridized carbons (Fsp3) is 0.333. The highest BCUT2D eigenvalue weighted by atomic mass is 16.5. The van der Waals surface area contributed by atoms with E-state index in [1.165, 1.54) is 22.4 Å². The molecule has 0 atom stereocenters. The first-order valence-corrected chi connectivity index (χ1v) is 8.61. The minimum absolute atomic E-state index is 0.541. The van der Waals surface area contributed by atoms with Crippen molar-refractivity contribution >= 4 is 11.8 Å². The maximum atomic E-state index is 5.86. The lowest BCUT2D eigenvalue weighted by Gasteiger charge is -2.16. The maximum Gasteiger partial charge on any atom is 0.122 e. The van der Waals surface area contributed by atoms with Gasteiger partial charge < -0.3 is 9.75 Å². The van der Waals surface area contributed by atoms with Crippen LogP contribution in [-0.4, -0.2) is 19.7 Å². The van der Waals surface area contributed by atoms with Gasteiger partial charge in [-0.1, -0.05) is 44.2 Å². The van der Waals surface area contributed by atoms with Gasteiger partial charge in [0.05, 0.1) is 18.8 Å². The lowest BCUT2D eigenvalue weighted by Crippen LogP contribution is -2.30. The number of nitrogens with zero attached hydrogens (tertiary/aromatic N) is 1. The van der Waals surface area contributed by atoms with Crippen LogP contribution < -0.4 is 15.2 Å². The number of ether oxygens (including phenoxy) is 1. The molecule has 1 fully saturated rings. The van der Waals surface area contributed by atoms with E-state index in [4.69, 9.17) is 4.74 Å². The van der Waals surface area contributed by atoms with Crippen LogP contribution in [0.1, 0.15) is 25.0 Å². The van der Waals surface area contributed by atoms with E-state index < -0.39 is 0 Å². The molecule has 24 heavy (non-hydrogen) atoms. The molecule has 1 aliphatic heterocycles. The zero-order chi connectivity index (χ0) is 16.9. The molecule has 2 aromatic carbocycles. The normalized spacial score (nSPS) is 16.2. The van der Waals surface area contributed by atoms with Crippen molar-refractivity contribution in [3.05, 3.63) is 65.2 Å². The van der Waals surface area contributed by atoms with E-state index in [9.17, 15) is 0 Å². The number of hydrazine groups is 1. The smallest absolute Gasteiger partial charge is 0.122 e. The molecule has 1 heterocycles. The average Bonchev–Trinajstić information content (AvgIpc) is 3.03. The van der Waals surface area contributed by atoms with Gasteiger partial charge in [0.2, 0.25) is 0 Å². The van der Waals surface area contributed by atoms with Crippen LogP contribution in [0.4, 0.5) is 5.69 Å². The molecule has 0 saturated carbocycles. The number of para-hydroxylation sites is 1. The molecule has 0 radical (unpaired) electrons. The molecule has 0 spiro atoms. The molecule has 3 nitrogen and oxygen atoms in total. The first-order chi connectivity index (χ1) is 11.6. The Hall–Kier alpha value is -2.26. The Morgan fingerprint density at radius 2 is 1.96 bits per heavy atom. The van der Waals surface area contributed by atoms with Crippen molar-refractivity contribution in [2.75, 3.05) is 24.7 Å². The van der Waals surface area contributed by atoms with E-state index in [2.05, 4.69) is 79.7 Å². The van der Waals surface area contributed by atoms with Gasteiger partial charge in [-0.15, -0.1) is 0 Å². The van der Waals surface area contributed by atoms with Crippen LogP contribution >= 0.6 is 0 Å². The Morgan fingerprint density at radius 3 is 2.67 bits per heavy atom. The van der Waals surface area contributed by atoms with Gasteiger partial charge in [0.1, 0.15) is 5.75 Å². The number of hydrogen-bond acceptors (Lipinski definition) is 3. The Kier molecular flexibility index (Phi) is 5.21. The summed E-state index contributed by atoms with van der Waals surface area (Å²) in [6.45, 7) is 9.01. The molecule has 0 aromatic heterocycles. The molecule has 126 valence electrons. The summed E-state index contributed by atoms with van der Waals surface area (Å²) in [6, 6.07) is 16.9. The predicted molar refractivity (Wildman–Crippen MR) is 101 cm³/mol. The Balaban J connectivity index is 1.67. The number of benzene rings is 2. The van der Waals surface area contributed by atoms with Gasteiger partial charge in [-0.2, -0.15) is 0 Å². The quantitative estimate of drug-likeness (QED) is 0.881. The van der Waals surface area contributed by atoms with Crippen LogP contribution in [0.3, 0.4) is 0 Å². The molecule has 2 aromatic rings. The zero-order valence-electron chi connectivity index (χ0n) is 14.8. The molecule has 0 amide bonds. The fourth-order valence-corrected chi connectivity index (χ4v) is 2.82. The van der Waals surface area contributed by atoms with E-state index in [0.29, 0.717) is 5.92 Å². The summed E-state index contributed by atoms with van der Waals surface area (Å²) < 4.78 is 5.86. The van der Waals surface area contributed by atoms with Crippen LogP contribution in [0.2, 0.25) is 0 Å². The molecule has 0 unspecified atom stereocenters. The van der Waals surface area contributed by atoms with Crippen LogP contribution in [0.25, 0.3) is 6.08 Å². The van der Waals surface area contributed by atoms with Crippen molar-refractivity contribution in [2.24, 2.45) is 5.92 Å². The summed E-state index contributed by atoms with van der Waals surface area (Å²) in [5, 5.41) is 2.19. The largest absolute Gasteiger partial charge is 0.493 e. The number of rotatable bonds is 5. The van der Waals surface area contributed by atoms with E-state index >= 15 is 0 Å². The maximum absolute atomic E-state index is 5.86. The molecule has 1 saturated heterocycles. The summed E-state index contributed by atoms with van der Waals surface area (Å²) >= 11 is 0. The van der Waals surface area contributed by atoms with E-state index in [1.54, 1.807) is 0 Å². The van der Waals surface area contributed by atoms with Crippen molar-refractivity contribution in [3.63, 3.8) is 0 Å². The summed E-state index contributed by atoms with van der Waals surface area (Å²) in [6.07, 6.45) is 2.27. The predicted octanol–water partition coefficient (Wildman–Crippen LogP) is 4.44. The number of hydrogen-bond donors (Lipinski definition) is 1. The Bertz CT molecular complexity index is 707.